The number of amides is 1. The summed E-state index contributed by atoms with van der Waals surface area (Å²) in [5.74, 6) is 1.33. The number of nitrogens with zero attached hydrogens (tertiary/aromatic N) is 3. The molecule has 1 saturated heterocycles. The standard InChI is InChI=1S/C16H24N4O/c1-4-9-17-16(21)14-11-15(19-12(3)18-14)20-10-7-6-8-13(20)5-2/h4,11,13H,1,5-10H2,2-3H3,(H,17,21). The minimum Gasteiger partial charge on any atom is -0.354 e. The van der Waals surface area contributed by atoms with Crippen molar-refractivity contribution in [1.82, 2.24) is 15.3 Å². The molecule has 1 fully saturated rings. The predicted octanol–water partition coefficient (Wildman–Crippen LogP) is 2.47. The summed E-state index contributed by atoms with van der Waals surface area (Å²) in [4.78, 5) is 23.2. The second-order valence-electron chi connectivity index (χ2n) is 5.41. The Morgan fingerprint density at radius 1 is 1.52 bits per heavy atom. The number of carbonyl (C=O) groups excluding carboxylic acids is 1. The fourth-order valence-corrected chi connectivity index (χ4v) is 2.80. The van der Waals surface area contributed by atoms with Crippen LogP contribution in [0.2, 0.25) is 0 Å². The van der Waals surface area contributed by atoms with Crippen molar-refractivity contribution in [3.05, 3.63) is 30.2 Å². The van der Waals surface area contributed by atoms with Crippen molar-refractivity contribution in [2.24, 2.45) is 0 Å². The molecular formula is C16H24N4O. The monoisotopic (exact) mass is 288 g/mol. The molecular weight excluding hydrogens is 264 g/mol. The molecule has 5 heteroatoms. The van der Waals surface area contributed by atoms with Crippen molar-refractivity contribution in [3.63, 3.8) is 0 Å². The van der Waals surface area contributed by atoms with E-state index < -0.39 is 0 Å². The second kappa shape index (κ2) is 7.20. The summed E-state index contributed by atoms with van der Waals surface area (Å²) in [5, 5.41) is 2.77. The maximum Gasteiger partial charge on any atom is 0.270 e. The normalized spacial score (nSPS) is 18.4. The first-order valence-corrected chi connectivity index (χ1v) is 7.67. The van der Waals surface area contributed by atoms with Gasteiger partial charge in [-0.25, -0.2) is 9.97 Å². The molecule has 1 amide bonds. The van der Waals surface area contributed by atoms with Crippen LogP contribution in [0.1, 0.15) is 48.9 Å². The zero-order chi connectivity index (χ0) is 15.2. The molecule has 1 aliphatic heterocycles. The fraction of sp³-hybridized carbons (Fsp3) is 0.562. The highest BCUT2D eigenvalue weighted by atomic mass is 16.1. The number of hydrogen-bond donors (Lipinski definition) is 1. The maximum absolute atomic E-state index is 12.1. The van der Waals surface area contributed by atoms with Crippen molar-refractivity contribution >= 4 is 11.7 Å². The third kappa shape index (κ3) is 3.80. The summed E-state index contributed by atoms with van der Waals surface area (Å²) < 4.78 is 0. The Balaban J connectivity index is 2.25. The Kier molecular flexibility index (Phi) is 5.31. The van der Waals surface area contributed by atoms with E-state index >= 15 is 0 Å². The van der Waals surface area contributed by atoms with E-state index in [1.807, 2.05) is 6.92 Å². The van der Waals surface area contributed by atoms with Gasteiger partial charge in [-0.05, 0) is 32.6 Å². The molecule has 0 saturated carbocycles. The molecule has 21 heavy (non-hydrogen) atoms. The largest absolute Gasteiger partial charge is 0.354 e. The van der Waals surface area contributed by atoms with Gasteiger partial charge in [-0.15, -0.1) is 6.58 Å². The van der Waals surface area contributed by atoms with E-state index in [1.54, 1.807) is 12.1 Å². The van der Waals surface area contributed by atoms with Gasteiger partial charge >= 0.3 is 0 Å². The first-order chi connectivity index (χ1) is 10.2. The summed E-state index contributed by atoms with van der Waals surface area (Å²) in [6.07, 6.45) is 6.40. The molecule has 0 aliphatic carbocycles. The lowest BCUT2D eigenvalue weighted by Crippen LogP contribution is -2.40. The number of anilines is 1. The lowest BCUT2D eigenvalue weighted by molar-refractivity contribution is 0.0952. The van der Waals surface area contributed by atoms with Crippen LogP contribution < -0.4 is 10.2 Å². The number of carbonyl (C=O) groups is 1. The molecule has 0 aromatic carbocycles. The van der Waals surface area contributed by atoms with Crippen LogP contribution in [0.4, 0.5) is 5.82 Å². The van der Waals surface area contributed by atoms with Crippen molar-refractivity contribution in [2.45, 2.75) is 45.6 Å². The molecule has 0 spiro atoms. The van der Waals surface area contributed by atoms with E-state index in [4.69, 9.17) is 0 Å². The number of aromatic nitrogens is 2. The Labute approximate surface area is 126 Å². The van der Waals surface area contributed by atoms with Gasteiger partial charge in [-0.2, -0.15) is 0 Å². The van der Waals surface area contributed by atoms with Gasteiger partial charge < -0.3 is 10.2 Å². The number of aryl methyl sites for hydroxylation is 1. The van der Waals surface area contributed by atoms with Gasteiger partial charge in [0.05, 0.1) is 0 Å². The lowest BCUT2D eigenvalue weighted by Gasteiger charge is -2.36. The second-order valence-corrected chi connectivity index (χ2v) is 5.41. The molecule has 1 unspecified atom stereocenters. The van der Waals surface area contributed by atoms with Gasteiger partial charge in [-0.3, -0.25) is 4.79 Å². The summed E-state index contributed by atoms with van der Waals surface area (Å²) >= 11 is 0. The van der Waals surface area contributed by atoms with Crippen LogP contribution in [-0.4, -0.2) is 35.0 Å². The van der Waals surface area contributed by atoms with Crippen LogP contribution in [0.5, 0.6) is 0 Å². The Morgan fingerprint density at radius 2 is 2.33 bits per heavy atom. The van der Waals surface area contributed by atoms with E-state index in [0.29, 0.717) is 24.1 Å². The molecule has 5 nitrogen and oxygen atoms in total. The Morgan fingerprint density at radius 3 is 3.05 bits per heavy atom. The highest BCUT2D eigenvalue weighted by molar-refractivity contribution is 5.93. The topological polar surface area (TPSA) is 58.1 Å². The van der Waals surface area contributed by atoms with Gasteiger partial charge in [0.2, 0.25) is 0 Å². The van der Waals surface area contributed by atoms with Crippen molar-refractivity contribution in [1.29, 1.82) is 0 Å². The molecule has 2 rings (SSSR count). The third-order valence-corrected chi connectivity index (χ3v) is 3.86. The minimum atomic E-state index is -0.174. The van der Waals surface area contributed by atoms with E-state index in [-0.39, 0.29) is 5.91 Å². The van der Waals surface area contributed by atoms with Gasteiger partial charge in [0.15, 0.2) is 0 Å². The molecule has 1 aromatic heterocycles. The molecule has 2 heterocycles. The van der Waals surface area contributed by atoms with Crippen LogP contribution in [0.25, 0.3) is 0 Å². The smallest absolute Gasteiger partial charge is 0.270 e. The van der Waals surface area contributed by atoms with E-state index in [2.05, 4.69) is 33.7 Å². The van der Waals surface area contributed by atoms with Gasteiger partial charge in [0.25, 0.3) is 5.91 Å². The van der Waals surface area contributed by atoms with Gasteiger partial charge in [-0.1, -0.05) is 13.0 Å². The van der Waals surface area contributed by atoms with Crippen molar-refractivity contribution < 1.29 is 4.79 Å². The average Bonchev–Trinajstić information content (AvgIpc) is 2.51. The number of piperidine rings is 1. The van der Waals surface area contributed by atoms with Crippen LogP contribution in [0.3, 0.4) is 0 Å². The summed E-state index contributed by atoms with van der Waals surface area (Å²) in [6.45, 7) is 9.08. The molecule has 1 N–H and O–H groups in total. The van der Waals surface area contributed by atoms with E-state index in [0.717, 1.165) is 18.8 Å². The van der Waals surface area contributed by atoms with Gasteiger partial charge in [0, 0.05) is 25.2 Å². The highest BCUT2D eigenvalue weighted by Crippen LogP contribution is 2.25. The molecule has 1 atom stereocenters. The number of rotatable bonds is 5. The quantitative estimate of drug-likeness (QED) is 0.846. The third-order valence-electron chi connectivity index (χ3n) is 3.86. The lowest BCUT2D eigenvalue weighted by atomic mass is 10.00. The number of nitrogens with one attached hydrogen (secondary N) is 1. The summed E-state index contributed by atoms with van der Waals surface area (Å²) in [6, 6.07) is 2.32. The van der Waals surface area contributed by atoms with Crippen LogP contribution in [0.15, 0.2) is 18.7 Å². The summed E-state index contributed by atoms with van der Waals surface area (Å²) in [7, 11) is 0. The van der Waals surface area contributed by atoms with Crippen LogP contribution in [0, 0.1) is 6.92 Å². The Hall–Kier alpha value is -1.91. The fourth-order valence-electron chi connectivity index (χ4n) is 2.80. The molecule has 0 bridgehead atoms. The average molecular weight is 288 g/mol. The minimum absolute atomic E-state index is 0.174. The van der Waals surface area contributed by atoms with Crippen molar-refractivity contribution in [2.75, 3.05) is 18.0 Å². The van der Waals surface area contributed by atoms with Crippen molar-refractivity contribution in [3.8, 4) is 0 Å². The van der Waals surface area contributed by atoms with E-state index in [1.165, 1.54) is 19.3 Å². The predicted molar refractivity (Wildman–Crippen MR) is 84.6 cm³/mol. The molecule has 1 aromatic rings. The summed E-state index contributed by atoms with van der Waals surface area (Å²) in [5.41, 5.74) is 0.430. The number of hydrogen-bond acceptors (Lipinski definition) is 4. The maximum atomic E-state index is 12.1. The zero-order valence-corrected chi connectivity index (χ0v) is 12.9. The van der Waals surface area contributed by atoms with E-state index in [9.17, 15) is 4.79 Å². The molecule has 1 aliphatic rings. The first kappa shape index (κ1) is 15.5. The zero-order valence-electron chi connectivity index (χ0n) is 12.9. The first-order valence-electron chi connectivity index (χ1n) is 7.67. The van der Waals surface area contributed by atoms with Crippen LogP contribution in [-0.2, 0) is 0 Å². The van der Waals surface area contributed by atoms with Crippen LogP contribution >= 0.6 is 0 Å². The molecule has 0 radical (unpaired) electrons. The SMILES string of the molecule is C=CCNC(=O)c1cc(N2CCCCC2CC)nc(C)n1. The molecule has 114 valence electrons. The van der Waals surface area contributed by atoms with Gasteiger partial charge in [0.1, 0.15) is 17.3 Å². The Bertz CT molecular complexity index is 515. The highest BCUT2D eigenvalue weighted by Gasteiger charge is 2.23.